The lowest BCUT2D eigenvalue weighted by molar-refractivity contribution is 1.01. The summed E-state index contributed by atoms with van der Waals surface area (Å²) in [6, 6.07) is 7.86. The molecule has 0 aliphatic rings. The van der Waals surface area contributed by atoms with Crippen LogP contribution in [0.5, 0.6) is 0 Å². The second-order valence-electron chi connectivity index (χ2n) is 3.31. The van der Waals surface area contributed by atoms with Gasteiger partial charge >= 0.3 is 0 Å². The van der Waals surface area contributed by atoms with Crippen molar-refractivity contribution in [1.29, 1.82) is 5.41 Å². The summed E-state index contributed by atoms with van der Waals surface area (Å²) >= 11 is 0. The summed E-state index contributed by atoms with van der Waals surface area (Å²) in [7, 11) is 0. The average molecular weight is 188 g/mol. The van der Waals surface area contributed by atoms with Crippen molar-refractivity contribution in [2.45, 2.75) is 26.7 Å². The van der Waals surface area contributed by atoms with E-state index >= 15 is 0 Å². The molecule has 2 nitrogen and oxygen atoms in total. The molecule has 1 aromatic rings. The van der Waals surface area contributed by atoms with E-state index in [1.807, 2.05) is 37.4 Å². The van der Waals surface area contributed by atoms with Gasteiger partial charge in [-0.25, -0.2) is 4.99 Å². The van der Waals surface area contributed by atoms with Gasteiger partial charge in [0.25, 0.3) is 0 Å². The van der Waals surface area contributed by atoms with Crippen molar-refractivity contribution < 1.29 is 0 Å². The van der Waals surface area contributed by atoms with Crippen molar-refractivity contribution in [3.05, 3.63) is 35.4 Å². The highest BCUT2D eigenvalue weighted by molar-refractivity contribution is 6.00. The smallest absolute Gasteiger partial charge is 0.151 e. The van der Waals surface area contributed by atoms with Crippen LogP contribution in [0.1, 0.15) is 30.9 Å². The number of aliphatic imine (C=N–C) groups is 1. The lowest BCUT2D eigenvalue weighted by atomic mass is 10.1. The van der Waals surface area contributed by atoms with E-state index in [4.69, 9.17) is 5.41 Å². The Morgan fingerprint density at radius 3 is 2.57 bits per heavy atom. The van der Waals surface area contributed by atoms with Gasteiger partial charge in [-0.05, 0) is 13.3 Å². The number of benzene rings is 1. The molecule has 0 atom stereocenters. The van der Waals surface area contributed by atoms with E-state index in [-0.39, 0.29) is 0 Å². The van der Waals surface area contributed by atoms with Gasteiger partial charge in [0.05, 0.1) is 0 Å². The predicted molar refractivity (Wildman–Crippen MR) is 61.4 cm³/mol. The van der Waals surface area contributed by atoms with Crippen LogP contribution in [0.4, 0.5) is 0 Å². The molecule has 74 valence electrons. The zero-order valence-corrected chi connectivity index (χ0v) is 8.75. The van der Waals surface area contributed by atoms with E-state index in [0.29, 0.717) is 5.84 Å². The number of hydrogen-bond donors (Lipinski definition) is 1. The summed E-state index contributed by atoms with van der Waals surface area (Å²) in [4.78, 5) is 4.07. The molecule has 0 spiro atoms. The maximum Gasteiger partial charge on any atom is 0.151 e. The van der Waals surface area contributed by atoms with Gasteiger partial charge in [0, 0.05) is 11.8 Å². The van der Waals surface area contributed by atoms with E-state index in [0.717, 1.165) is 18.4 Å². The fourth-order valence-electron chi connectivity index (χ4n) is 1.07. The van der Waals surface area contributed by atoms with E-state index < -0.39 is 0 Å². The molecule has 1 aromatic carbocycles. The fraction of sp³-hybridized carbons (Fsp3) is 0.333. The molecular formula is C12H16N2. The highest BCUT2D eigenvalue weighted by Crippen LogP contribution is 2.04. The minimum Gasteiger partial charge on any atom is -0.282 e. The van der Waals surface area contributed by atoms with Gasteiger partial charge in [-0.2, -0.15) is 0 Å². The lowest BCUT2D eigenvalue weighted by Crippen LogP contribution is -1.95. The normalized spacial score (nSPS) is 10.7. The minimum absolute atomic E-state index is 0.346. The van der Waals surface area contributed by atoms with Gasteiger partial charge in [-0.3, -0.25) is 5.41 Å². The maximum absolute atomic E-state index is 7.68. The number of amidine groups is 1. The number of nitrogens with zero attached hydrogens (tertiary/aromatic N) is 1. The summed E-state index contributed by atoms with van der Waals surface area (Å²) in [6.45, 7) is 4.13. The van der Waals surface area contributed by atoms with Gasteiger partial charge in [0.15, 0.2) is 5.84 Å². The number of hydrogen-bond acceptors (Lipinski definition) is 1. The Morgan fingerprint density at radius 2 is 2.00 bits per heavy atom. The lowest BCUT2D eigenvalue weighted by Gasteiger charge is -1.98. The first-order valence-electron chi connectivity index (χ1n) is 4.92. The molecule has 0 unspecified atom stereocenters. The summed E-state index contributed by atoms with van der Waals surface area (Å²) in [5, 5.41) is 7.68. The molecule has 0 amide bonds. The van der Waals surface area contributed by atoms with E-state index in [1.54, 1.807) is 0 Å². The summed E-state index contributed by atoms with van der Waals surface area (Å²) in [5.74, 6) is 0.346. The monoisotopic (exact) mass is 188 g/mol. The molecular weight excluding hydrogens is 172 g/mol. The zero-order chi connectivity index (χ0) is 10.4. The quantitative estimate of drug-likeness (QED) is 0.558. The first-order valence-corrected chi connectivity index (χ1v) is 4.92. The van der Waals surface area contributed by atoms with E-state index in [2.05, 4.69) is 11.9 Å². The Hall–Kier alpha value is -1.44. The first kappa shape index (κ1) is 10.6. The topological polar surface area (TPSA) is 36.2 Å². The molecule has 0 aliphatic heterocycles. The molecule has 14 heavy (non-hydrogen) atoms. The summed E-state index contributed by atoms with van der Waals surface area (Å²) in [5.41, 5.74) is 2.09. The minimum atomic E-state index is 0.346. The molecule has 2 heteroatoms. The van der Waals surface area contributed by atoms with Crippen molar-refractivity contribution in [1.82, 2.24) is 0 Å². The second kappa shape index (κ2) is 5.32. The predicted octanol–water partition coefficient (Wildman–Crippen LogP) is 3.19. The first-order chi connectivity index (χ1) is 6.74. The molecule has 1 rings (SSSR count). The summed E-state index contributed by atoms with van der Waals surface area (Å²) in [6.07, 6.45) is 3.82. The maximum atomic E-state index is 7.68. The van der Waals surface area contributed by atoms with Crippen molar-refractivity contribution >= 4 is 12.1 Å². The third kappa shape index (κ3) is 3.13. The Morgan fingerprint density at radius 1 is 1.36 bits per heavy atom. The van der Waals surface area contributed by atoms with Crippen LogP contribution in [-0.2, 0) is 0 Å². The van der Waals surface area contributed by atoms with E-state index in [1.165, 1.54) is 5.56 Å². The Labute approximate surface area is 85.2 Å². The van der Waals surface area contributed by atoms with Crippen LogP contribution in [-0.4, -0.2) is 12.1 Å². The van der Waals surface area contributed by atoms with Gasteiger partial charge in [-0.1, -0.05) is 43.2 Å². The highest BCUT2D eigenvalue weighted by Gasteiger charge is 1.96. The van der Waals surface area contributed by atoms with Gasteiger partial charge in [0.1, 0.15) is 0 Å². The molecule has 1 N–H and O–H groups in total. The third-order valence-corrected chi connectivity index (χ3v) is 1.96. The van der Waals surface area contributed by atoms with E-state index in [9.17, 15) is 0 Å². The number of unbranched alkanes of at least 4 members (excludes halogenated alkanes) is 1. The van der Waals surface area contributed by atoms with Crippen molar-refractivity contribution in [3.8, 4) is 0 Å². The van der Waals surface area contributed by atoms with Gasteiger partial charge in [0.2, 0.25) is 0 Å². The van der Waals surface area contributed by atoms with Crippen molar-refractivity contribution in [2.24, 2.45) is 4.99 Å². The third-order valence-electron chi connectivity index (χ3n) is 1.96. The van der Waals surface area contributed by atoms with Crippen LogP contribution in [0, 0.1) is 12.3 Å². The van der Waals surface area contributed by atoms with Crippen LogP contribution in [0.3, 0.4) is 0 Å². The van der Waals surface area contributed by atoms with Crippen LogP contribution in [0.15, 0.2) is 29.3 Å². The van der Waals surface area contributed by atoms with Crippen LogP contribution >= 0.6 is 0 Å². The molecule has 0 radical (unpaired) electrons. The van der Waals surface area contributed by atoms with Gasteiger partial charge < -0.3 is 0 Å². The molecule has 0 heterocycles. The number of nitrogens with one attached hydrogen (secondary N) is 1. The Bertz CT molecular complexity index is 323. The fourth-order valence-corrected chi connectivity index (χ4v) is 1.07. The highest BCUT2D eigenvalue weighted by atomic mass is 14.8. The molecule has 0 aliphatic carbocycles. The standard InChI is InChI=1S/C12H16N2/c1-3-4-9-14-12(13)11-7-5-10(2)6-8-11/h5-9,13H,3-4H2,1-2H3. The van der Waals surface area contributed by atoms with Crippen LogP contribution in [0.2, 0.25) is 0 Å². The average Bonchev–Trinajstić information content (AvgIpc) is 2.19. The summed E-state index contributed by atoms with van der Waals surface area (Å²) < 4.78 is 0. The van der Waals surface area contributed by atoms with Crippen molar-refractivity contribution in [3.63, 3.8) is 0 Å². The van der Waals surface area contributed by atoms with Gasteiger partial charge in [-0.15, -0.1) is 0 Å². The molecule has 0 saturated heterocycles. The second-order valence-corrected chi connectivity index (χ2v) is 3.31. The molecule has 0 bridgehead atoms. The number of aryl methyl sites for hydroxylation is 1. The Kier molecular flexibility index (Phi) is 4.05. The largest absolute Gasteiger partial charge is 0.282 e. The molecule has 0 saturated carbocycles. The van der Waals surface area contributed by atoms with Crippen LogP contribution in [0.25, 0.3) is 0 Å². The SMILES string of the molecule is CCCC=NC(=N)c1ccc(C)cc1. The Balaban J connectivity index is 2.65. The molecule has 0 fully saturated rings. The van der Waals surface area contributed by atoms with Crippen molar-refractivity contribution in [2.75, 3.05) is 0 Å². The zero-order valence-electron chi connectivity index (χ0n) is 8.75. The molecule has 0 aromatic heterocycles. The number of rotatable bonds is 3. The van der Waals surface area contributed by atoms with Crippen LogP contribution < -0.4 is 0 Å².